The van der Waals surface area contributed by atoms with Crippen LogP contribution in [0.5, 0.6) is 0 Å². The third-order valence-electron chi connectivity index (χ3n) is 2.84. The Balaban J connectivity index is 3.43. The van der Waals surface area contributed by atoms with Crippen molar-refractivity contribution in [3.63, 3.8) is 0 Å². The van der Waals surface area contributed by atoms with Crippen molar-refractivity contribution in [2.24, 2.45) is 0 Å². The van der Waals surface area contributed by atoms with Crippen LogP contribution < -0.4 is 10.6 Å². The van der Waals surface area contributed by atoms with E-state index in [-0.39, 0.29) is 24.7 Å². The van der Waals surface area contributed by atoms with Gasteiger partial charge in [0.1, 0.15) is 0 Å². The van der Waals surface area contributed by atoms with Crippen molar-refractivity contribution in [3.05, 3.63) is 0 Å². The number of nitrogens with one attached hydrogen (secondary N) is 2. The lowest BCUT2D eigenvalue weighted by Crippen LogP contribution is -2.25. The molecule has 0 aromatic rings. The van der Waals surface area contributed by atoms with Crippen molar-refractivity contribution < 1.29 is 29.4 Å². The summed E-state index contributed by atoms with van der Waals surface area (Å²) in [5.41, 5.74) is 0. The predicted molar refractivity (Wildman–Crippen MR) is 78.2 cm³/mol. The number of carboxylic acids is 2. The Morgan fingerprint density at radius 3 is 1.27 bits per heavy atom. The zero-order valence-corrected chi connectivity index (χ0v) is 12.6. The van der Waals surface area contributed by atoms with E-state index in [0.717, 1.165) is 0 Å². The Morgan fingerprint density at radius 1 is 0.591 bits per heavy atom. The van der Waals surface area contributed by atoms with Gasteiger partial charge in [-0.25, -0.2) is 0 Å². The average molecular weight is 316 g/mol. The van der Waals surface area contributed by atoms with Gasteiger partial charge in [0.25, 0.3) is 0 Å². The van der Waals surface area contributed by atoms with E-state index in [1.54, 1.807) is 0 Å². The topological polar surface area (TPSA) is 133 Å². The second-order valence-corrected chi connectivity index (χ2v) is 4.90. The van der Waals surface area contributed by atoms with Crippen molar-refractivity contribution in [2.75, 3.05) is 13.1 Å². The van der Waals surface area contributed by atoms with Crippen molar-refractivity contribution in [1.82, 2.24) is 10.6 Å². The van der Waals surface area contributed by atoms with Gasteiger partial charge in [-0.1, -0.05) is 0 Å². The van der Waals surface area contributed by atoms with Crippen molar-refractivity contribution in [1.29, 1.82) is 0 Å². The molecule has 8 heteroatoms. The van der Waals surface area contributed by atoms with Gasteiger partial charge in [0.2, 0.25) is 11.8 Å². The van der Waals surface area contributed by atoms with E-state index in [0.29, 0.717) is 51.6 Å². The van der Waals surface area contributed by atoms with Crippen LogP contribution in [0.2, 0.25) is 0 Å². The summed E-state index contributed by atoms with van der Waals surface area (Å²) in [5, 5.41) is 22.1. The zero-order valence-electron chi connectivity index (χ0n) is 12.6. The minimum Gasteiger partial charge on any atom is -0.481 e. The molecule has 22 heavy (non-hydrogen) atoms. The summed E-state index contributed by atoms with van der Waals surface area (Å²) in [6, 6.07) is 0. The van der Waals surface area contributed by atoms with Gasteiger partial charge in [-0.15, -0.1) is 0 Å². The number of unbranched alkanes of at least 4 members (excludes halogenated alkanes) is 1. The summed E-state index contributed by atoms with van der Waals surface area (Å²) in [4.78, 5) is 43.3. The summed E-state index contributed by atoms with van der Waals surface area (Å²) in [5.74, 6) is -2.06. The molecule has 0 fully saturated rings. The Labute approximate surface area is 129 Å². The molecule has 0 aromatic heterocycles. The van der Waals surface area contributed by atoms with Gasteiger partial charge in [-0.3, -0.25) is 19.2 Å². The Morgan fingerprint density at radius 2 is 0.955 bits per heavy atom. The van der Waals surface area contributed by atoms with Crippen LogP contribution in [-0.4, -0.2) is 47.1 Å². The van der Waals surface area contributed by atoms with Crippen LogP contribution in [-0.2, 0) is 19.2 Å². The van der Waals surface area contributed by atoms with Crippen molar-refractivity contribution in [3.8, 4) is 0 Å². The lowest BCUT2D eigenvalue weighted by atomic mass is 10.1. The molecule has 0 aliphatic carbocycles. The molecule has 0 aliphatic heterocycles. The molecule has 0 heterocycles. The Hall–Kier alpha value is -2.12. The van der Waals surface area contributed by atoms with Gasteiger partial charge >= 0.3 is 11.9 Å². The number of aliphatic carboxylic acids is 2. The second-order valence-electron chi connectivity index (χ2n) is 4.90. The van der Waals surface area contributed by atoms with E-state index >= 15 is 0 Å². The van der Waals surface area contributed by atoms with Gasteiger partial charge in [-0.2, -0.15) is 0 Å². The summed E-state index contributed by atoms with van der Waals surface area (Å²) in [6.45, 7) is 0.685. The monoisotopic (exact) mass is 316 g/mol. The molecule has 0 atom stereocenters. The smallest absolute Gasteiger partial charge is 0.303 e. The Kier molecular flexibility index (Phi) is 11.4. The molecule has 0 rings (SSSR count). The highest BCUT2D eigenvalue weighted by Gasteiger charge is 2.05. The van der Waals surface area contributed by atoms with Crippen LogP contribution in [0.3, 0.4) is 0 Å². The first-order chi connectivity index (χ1) is 10.4. The molecule has 0 aromatic carbocycles. The number of carbonyl (C=O) groups excluding carboxylic acids is 2. The van der Waals surface area contributed by atoms with E-state index in [4.69, 9.17) is 10.2 Å². The van der Waals surface area contributed by atoms with Gasteiger partial charge in [-0.05, 0) is 25.7 Å². The van der Waals surface area contributed by atoms with Gasteiger partial charge in [0.05, 0.1) is 0 Å². The third kappa shape index (κ3) is 14.3. The molecule has 4 N–H and O–H groups in total. The molecule has 0 radical (unpaired) electrons. The quantitative estimate of drug-likeness (QED) is 0.366. The van der Waals surface area contributed by atoms with Crippen molar-refractivity contribution in [2.45, 2.75) is 51.4 Å². The largest absolute Gasteiger partial charge is 0.481 e. The fourth-order valence-corrected chi connectivity index (χ4v) is 1.68. The molecule has 0 spiro atoms. The SMILES string of the molecule is O=C(O)CCCNC(=O)CCCCC(=O)NCCCC(=O)O. The number of carboxylic acid groups (broad SMARTS) is 2. The molecule has 0 bridgehead atoms. The molecule has 0 aliphatic rings. The minimum atomic E-state index is -0.886. The fourth-order valence-electron chi connectivity index (χ4n) is 1.68. The minimum absolute atomic E-state index is 0.0301. The van der Waals surface area contributed by atoms with Crippen molar-refractivity contribution >= 4 is 23.8 Å². The molecule has 126 valence electrons. The molecule has 0 saturated heterocycles. The third-order valence-corrected chi connectivity index (χ3v) is 2.84. The zero-order chi connectivity index (χ0) is 16.8. The lowest BCUT2D eigenvalue weighted by molar-refractivity contribution is -0.138. The molecular formula is C14H24N2O6. The number of amides is 2. The Bertz CT molecular complexity index is 348. The predicted octanol–water partition coefficient (Wildman–Crippen LogP) is 0.509. The van der Waals surface area contributed by atoms with E-state index in [1.807, 2.05) is 0 Å². The highest BCUT2D eigenvalue weighted by Crippen LogP contribution is 2.00. The molecule has 8 nitrogen and oxygen atoms in total. The first-order valence-corrected chi connectivity index (χ1v) is 7.39. The van der Waals surface area contributed by atoms with Gasteiger partial charge in [0, 0.05) is 38.8 Å². The van der Waals surface area contributed by atoms with Gasteiger partial charge < -0.3 is 20.8 Å². The first kappa shape index (κ1) is 19.9. The summed E-state index contributed by atoms with van der Waals surface area (Å²) >= 11 is 0. The van der Waals surface area contributed by atoms with E-state index in [2.05, 4.69) is 10.6 Å². The van der Waals surface area contributed by atoms with E-state index in [1.165, 1.54) is 0 Å². The van der Waals surface area contributed by atoms with Crippen LogP contribution in [0, 0.1) is 0 Å². The van der Waals surface area contributed by atoms with Gasteiger partial charge in [0.15, 0.2) is 0 Å². The number of carbonyl (C=O) groups is 4. The maximum absolute atomic E-state index is 11.4. The van der Waals surface area contributed by atoms with E-state index in [9.17, 15) is 19.2 Å². The highest BCUT2D eigenvalue weighted by atomic mass is 16.4. The van der Waals surface area contributed by atoms with Crippen LogP contribution in [0.15, 0.2) is 0 Å². The fraction of sp³-hybridized carbons (Fsp3) is 0.714. The van der Waals surface area contributed by atoms with Crippen LogP contribution in [0.4, 0.5) is 0 Å². The second kappa shape index (κ2) is 12.6. The molecule has 0 saturated carbocycles. The number of rotatable bonds is 13. The maximum Gasteiger partial charge on any atom is 0.303 e. The molecule has 2 amide bonds. The standard InChI is InChI=1S/C14H24N2O6/c17-11(15-9-3-7-13(19)20)5-1-2-6-12(18)16-10-4-8-14(21)22/h1-10H2,(H,15,17)(H,16,18)(H,19,20)(H,21,22). The summed E-state index contributed by atoms with van der Waals surface area (Å²) in [6.07, 6.45) is 2.63. The summed E-state index contributed by atoms with van der Waals surface area (Å²) in [7, 11) is 0. The van der Waals surface area contributed by atoms with E-state index < -0.39 is 11.9 Å². The maximum atomic E-state index is 11.4. The lowest BCUT2D eigenvalue weighted by Gasteiger charge is -2.05. The number of hydrogen-bond donors (Lipinski definition) is 4. The molecular weight excluding hydrogens is 292 g/mol. The number of hydrogen-bond acceptors (Lipinski definition) is 4. The first-order valence-electron chi connectivity index (χ1n) is 7.39. The van der Waals surface area contributed by atoms with Crippen LogP contribution >= 0.6 is 0 Å². The average Bonchev–Trinajstić information content (AvgIpc) is 2.44. The normalized spacial score (nSPS) is 10.0. The van der Waals surface area contributed by atoms with Crippen LogP contribution in [0.1, 0.15) is 51.4 Å². The highest BCUT2D eigenvalue weighted by molar-refractivity contribution is 5.77. The molecule has 0 unspecified atom stereocenters. The summed E-state index contributed by atoms with van der Waals surface area (Å²) < 4.78 is 0. The van der Waals surface area contributed by atoms with Crippen LogP contribution in [0.25, 0.3) is 0 Å².